The summed E-state index contributed by atoms with van der Waals surface area (Å²) >= 11 is 0. The Morgan fingerprint density at radius 2 is 1.67 bits per heavy atom. The Labute approximate surface area is 297 Å². The second kappa shape index (κ2) is 16.7. The van der Waals surface area contributed by atoms with Gasteiger partial charge in [-0.3, -0.25) is 24.0 Å². The van der Waals surface area contributed by atoms with Crippen molar-refractivity contribution in [3.63, 3.8) is 0 Å². The minimum atomic E-state index is -1.31. The Bertz CT molecular complexity index is 1720. The minimum Gasteiger partial charge on any atom is -0.484 e. The Kier molecular flexibility index (Phi) is 12.1. The van der Waals surface area contributed by atoms with Crippen molar-refractivity contribution in [1.29, 1.82) is 0 Å². The third kappa shape index (κ3) is 9.54. The van der Waals surface area contributed by atoms with Gasteiger partial charge in [0.1, 0.15) is 29.4 Å². The van der Waals surface area contributed by atoms with E-state index in [-0.39, 0.29) is 43.8 Å². The topological polar surface area (TPSA) is 171 Å². The van der Waals surface area contributed by atoms with Gasteiger partial charge in [-0.2, -0.15) is 0 Å². The number of furan rings is 1. The van der Waals surface area contributed by atoms with Crippen molar-refractivity contribution in [2.24, 2.45) is 5.92 Å². The van der Waals surface area contributed by atoms with Crippen LogP contribution in [0.4, 0.5) is 0 Å². The van der Waals surface area contributed by atoms with Crippen molar-refractivity contribution in [3.8, 4) is 5.75 Å². The summed E-state index contributed by atoms with van der Waals surface area (Å²) in [5.74, 6) is -1.18. The smallest absolute Gasteiger partial charge is 0.258 e. The average Bonchev–Trinajstić information content (AvgIpc) is 3.69. The number of benzene rings is 2. The van der Waals surface area contributed by atoms with Gasteiger partial charge in [0.15, 0.2) is 6.61 Å². The maximum Gasteiger partial charge on any atom is 0.258 e. The zero-order chi connectivity index (χ0) is 36.7. The normalized spacial score (nSPS) is 22.0. The van der Waals surface area contributed by atoms with Gasteiger partial charge in [0.2, 0.25) is 17.7 Å². The van der Waals surface area contributed by atoms with E-state index < -0.39 is 61.5 Å². The Balaban J connectivity index is 1.50. The summed E-state index contributed by atoms with van der Waals surface area (Å²) in [6.07, 6.45) is 0.735. The van der Waals surface area contributed by atoms with Gasteiger partial charge in [-0.25, -0.2) is 0 Å². The lowest BCUT2D eigenvalue weighted by atomic mass is 9.93. The molecule has 1 aromatic heterocycles. The molecule has 4 N–H and O–H groups in total. The number of aryl methyl sites for hydroxylation is 2. The summed E-state index contributed by atoms with van der Waals surface area (Å²) in [6, 6.07) is 15.2. The Morgan fingerprint density at radius 1 is 0.922 bits per heavy atom. The summed E-state index contributed by atoms with van der Waals surface area (Å²) in [6.45, 7) is 6.62. The summed E-state index contributed by atoms with van der Waals surface area (Å²) in [5, 5.41) is 18.6. The first-order valence-corrected chi connectivity index (χ1v) is 17.3. The molecule has 13 nitrogen and oxygen atoms in total. The molecule has 2 bridgehead atoms. The van der Waals surface area contributed by atoms with E-state index in [9.17, 15) is 29.1 Å². The summed E-state index contributed by atoms with van der Waals surface area (Å²) in [4.78, 5) is 71.1. The lowest BCUT2D eigenvalue weighted by Crippen LogP contribution is -2.56. The molecule has 1 fully saturated rings. The number of nitrogens with one attached hydrogen (secondary N) is 3. The average molecular weight is 702 g/mol. The van der Waals surface area contributed by atoms with E-state index in [0.717, 1.165) is 11.1 Å². The van der Waals surface area contributed by atoms with Gasteiger partial charge in [-0.15, -0.1) is 0 Å². The van der Waals surface area contributed by atoms with Gasteiger partial charge in [0.05, 0.1) is 24.8 Å². The van der Waals surface area contributed by atoms with Crippen LogP contribution in [-0.4, -0.2) is 102 Å². The molecule has 272 valence electrons. The summed E-state index contributed by atoms with van der Waals surface area (Å²) in [5.41, 5.74) is 2.02. The Morgan fingerprint density at radius 3 is 2.35 bits per heavy atom. The first-order valence-electron chi connectivity index (χ1n) is 17.3. The number of aliphatic hydroxyl groups is 1. The van der Waals surface area contributed by atoms with E-state index in [1.807, 2.05) is 50.2 Å². The zero-order valence-corrected chi connectivity index (χ0v) is 29.5. The molecule has 4 atom stereocenters. The lowest BCUT2D eigenvalue weighted by molar-refractivity contribution is -0.141. The number of nitrogens with zero attached hydrogens (tertiary/aromatic N) is 2. The molecule has 0 spiro atoms. The van der Waals surface area contributed by atoms with Gasteiger partial charge >= 0.3 is 0 Å². The molecule has 3 heterocycles. The van der Waals surface area contributed by atoms with Crippen molar-refractivity contribution in [2.45, 2.75) is 64.6 Å². The second-order valence-corrected chi connectivity index (χ2v) is 13.7. The van der Waals surface area contributed by atoms with Gasteiger partial charge in [0, 0.05) is 32.0 Å². The fourth-order valence-electron chi connectivity index (χ4n) is 6.53. The van der Waals surface area contributed by atoms with Crippen LogP contribution in [0, 0.1) is 19.8 Å². The predicted octanol–water partition coefficient (Wildman–Crippen LogP) is 2.09. The number of aliphatic hydroxyl groups excluding tert-OH is 1. The fraction of sp³-hybridized carbons (Fsp3) is 0.447. The molecule has 51 heavy (non-hydrogen) atoms. The highest BCUT2D eigenvalue weighted by atomic mass is 16.5. The monoisotopic (exact) mass is 701 g/mol. The number of amides is 5. The molecule has 1 saturated heterocycles. The van der Waals surface area contributed by atoms with E-state index >= 15 is 0 Å². The molecule has 13 heteroatoms. The van der Waals surface area contributed by atoms with Crippen LogP contribution in [0.25, 0.3) is 0 Å². The van der Waals surface area contributed by atoms with Crippen LogP contribution < -0.4 is 20.7 Å². The Hall–Kier alpha value is -5.17. The highest BCUT2D eigenvalue weighted by molar-refractivity contribution is 5.96. The largest absolute Gasteiger partial charge is 0.484 e. The molecule has 2 aliphatic heterocycles. The van der Waals surface area contributed by atoms with Crippen LogP contribution in [0.1, 0.15) is 59.2 Å². The molecule has 0 radical (unpaired) electrons. The molecule has 5 amide bonds. The van der Waals surface area contributed by atoms with E-state index in [1.54, 1.807) is 43.0 Å². The number of fused-ring (bicyclic) bond motifs is 4. The van der Waals surface area contributed by atoms with Crippen LogP contribution in [0.5, 0.6) is 5.75 Å². The van der Waals surface area contributed by atoms with E-state index in [1.165, 1.54) is 4.90 Å². The molecule has 3 aromatic rings. The van der Waals surface area contributed by atoms with Crippen LogP contribution >= 0.6 is 0 Å². The number of rotatable bonds is 7. The fourth-order valence-corrected chi connectivity index (χ4v) is 6.53. The van der Waals surface area contributed by atoms with Crippen LogP contribution in [0.15, 0.2) is 65.1 Å². The highest BCUT2D eigenvalue weighted by Crippen LogP contribution is 2.32. The second-order valence-electron chi connectivity index (χ2n) is 13.7. The highest BCUT2D eigenvalue weighted by Gasteiger charge is 2.40. The molecule has 0 aliphatic carbocycles. The SMILES string of the molecule is Cc1cc(C(=O)N2C[C@H]3NC(=O)[C@H](Cc4ccccc4)NC(=O)CN(CCC(C)C)C(=O)[C@H](CO)NC(=O)COc4cccc(c4)[C@@H]3C2)c(C)o1. The molecule has 5 rings (SSSR count). The van der Waals surface area contributed by atoms with Crippen molar-refractivity contribution >= 4 is 29.5 Å². The molecule has 2 aromatic carbocycles. The van der Waals surface area contributed by atoms with Crippen LogP contribution in [0.3, 0.4) is 0 Å². The first kappa shape index (κ1) is 37.1. The van der Waals surface area contributed by atoms with Crippen molar-refractivity contribution < 1.29 is 38.2 Å². The van der Waals surface area contributed by atoms with E-state index in [0.29, 0.717) is 29.3 Å². The van der Waals surface area contributed by atoms with E-state index in [4.69, 9.17) is 9.15 Å². The zero-order valence-electron chi connectivity index (χ0n) is 29.5. The maximum atomic E-state index is 14.2. The number of hydrogen-bond donors (Lipinski definition) is 4. The number of likely N-dealkylation sites (tertiary alicyclic amines) is 1. The predicted molar refractivity (Wildman–Crippen MR) is 188 cm³/mol. The molecule has 0 unspecified atom stereocenters. The van der Waals surface area contributed by atoms with Crippen LogP contribution in [-0.2, 0) is 25.6 Å². The third-order valence-electron chi connectivity index (χ3n) is 9.24. The van der Waals surface area contributed by atoms with Crippen molar-refractivity contribution in [3.05, 3.63) is 88.9 Å². The summed E-state index contributed by atoms with van der Waals surface area (Å²) < 4.78 is 11.4. The number of hydrogen-bond acceptors (Lipinski definition) is 8. The quantitative estimate of drug-likeness (QED) is 0.290. The van der Waals surface area contributed by atoms with Gasteiger partial charge in [-0.1, -0.05) is 56.3 Å². The summed E-state index contributed by atoms with van der Waals surface area (Å²) in [7, 11) is 0. The molecule has 0 saturated carbocycles. The van der Waals surface area contributed by atoms with Crippen molar-refractivity contribution in [1.82, 2.24) is 25.8 Å². The number of ether oxygens (including phenoxy) is 1. The van der Waals surface area contributed by atoms with E-state index in [2.05, 4.69) is 16.0 Å². The first-order chi connectivity index (χ1) is 24.4. The number of carbonyl (C=O) groups excluding carboxylic acids is 5. The maximum absolute atomic E-state index is 14.2. The molecule has 2 aliphatic rings. The molecular formula is C38H47N5O8. The third-order valence-corrected chi connectivity index (χ3v) is 9.24. The van der Waals surface area contributed by atoms with Gasteiger partial charge in [-0.05, 0) is 55.5 Å². The van der Waals surface area contributed by atoms with Gasteiger partial charge in [0.25, 0.3) is 11.8 Å². The van der Waals surface area contributed by atoms with Crippen LogP contribution in [0.2, 0.25) is 0 Å². The van der Waals surface area contributed by atoms with Crippen molar-refractivity contribution in [2.75, 3.05) is 39.4 Å². The molecular weight excluding hydrogens is 654 g/mol. The lowest BCUT2D eigenvalue weighted by Gasteiger charge is -2.29. The standard InChI is InChI=1S/C38H47N5O8/c1-23(2)13-14-42-20-34(45)39-31(16-26-9-6-5-7-10-26)36(47)41-32-19-43(37(48)29-15-24(3)51-25(29)4)18-30(32)27-11-8-12-28(17-27)50-22-35(46)40-33(21-44)38(42)49/h5-12,15,17,23,30-33,44H,13-14,16,18-22H2,1-4H3,(H,39,45)(H,40,46)(H,41,47)/t30-,31-,32+,33-/m0/s1. The van der Waals surface area contributed by atoms with Gasteiger partial charge < -0.3 is 40.0 Å². The minimum absolute atomic E-state index is 0.171. The number of carbonyl (C=O) groups is 5.